The molecule has 1 aromatic carbocycles. The molecular formula is C29H48N6O6S. The average Bonchev–Trinajstić information content (AvgIpc) is 2.92. The van der Waals surface area contributed by atoms with E-state index in [2.05, 4.69) is 21.3 Å². The Morgan fingerprint density at radius 3 is 1.95 bits per heavy atom. The van der Waals surface area contributed by atoms with Crippen molar-refractivity contribution in [3.63, 3.8) is 0 Å². The summed E-state index contributed by atoms with van der Waals surface area (Å²) in [4.78, 5) is 64.3. The maximum Gasteiger partial charge on any atom is 0.243 e. The van der Waals surface area contributed by atoms with Gasteiger partial charge in [-0.2, -0.15) is 0 Å². The van der Waals surface area contributed by atoms with Gasteiger partial charge in [-0.3, -0.25) is 24.0 Å². The van der Waals surface area contributed by atoms with Crippen LogP contribution < -0.4 is 32.7 Å². The number of carbonyl (C=O) groups is 5. The molecule has 0 radical (unpaired) electrons. The fraction of sp³-hybridized carbons (Fsp3) is 0.621. The van der Waals surface area contributed by atoms with Gasteiger partial charge in [0.15, 0.2) is 0 Å². The highest BCUT2D eigenvalue weighted by Gasteiger charge is 2.30. The monoisotopic (exact) mass is 608 g/mol. The fourth-order valence-electron chi connectivity index (χ4n) is 4.05. The Hall–Kier alpha value is -3.16. The van der Waals surface area contributed by atoms with Crippen LogP contribution in [0, 0.1) is 5.92 Å². The molecule has 12 nitrogen and oxygen atoms in total. The lowest BCUT2D eigenvalue weighted by Gasteiger charge is -2.26. The van der Waals surface area contributed by atoms with Crippen molar-refractivity contribution in [2.75, 3.05) is 12.3 Å². The maximum absolute atomic E-state index is 13.5. The van der Waals surface area contributed by atoms with E-state index >= 15 is 0 Å². The van der Waals surface area contributed by atoms with E-state index in [-0.39, 0.29) is 29.6 Å². The molecule has 0 unspecified atom stereocenters. The number of aromatic hydroxyl groups is 1. The van der Waals surface area contributed by atoms with Gasteiger partial charge in [-0.05, 0) is 75.4 Å². The summed E-state index contributed by atoms with van der Waals surface area (Å²) in [5, 5.41) is 20.1. The van der Waals surface area contributed by atoms with Gasteiger partial charge < -0.3 is 37.8 Å². The van der Waals surface area contributed by atoms with Gasteiger partial charge in [-0.15, -0.1) is 0 Å². The van der Waals surface area contributed by atoms with Gasteiger partial charge in [0.05, 0.1) is 12.1 Å². The van der Waals surface area contributed by atoms with Crippen molar-refractivity contribution in [1.29, 1.82) is 0 Å². The first kappa shape index (κ1) is 36.9. The zero-order valence-electron chi connectivity index (χ0n) is 25.3. The molecule has 0 saturated heterocycles. The predicted octanol–water partition coefficient (Wildman–Crippen LogP) is 0.696. The minimum absolute atomic E-state index is 0.0559. The second-order valence-electron chi connectivity index (χ2n) is 10.7. The smallest absolute Gasteiger partial charge is 0.243 e. The van der Waals surface area contributed by atoms with E-state index in [0.29, 0.717) is 37.1 Å². The summed E-state index contributed by atoms with van der Waals surface area (Å²) >= 11 is 1.09. The first-order valence-electron chi connectivity index (χ1n) is 14.4. The van der Waals surface area contributed by atoms with Gasteiger partial charge in [0.1, 0.15) is 23.9 Å². The van der Waals surface area contributed by atoms with Crippen LogP contribution in [-0.4, -0.2) is 76.4 Å². The quantitative estimate of drug-likeness (QED) is 0.117. The van der Waals surface area contributed by atoms with Crippen molar-refractivity contribution >= 4 is 40.5 Å². The van der Waals surface area contributed by atoms with Crippen LogP contribution in [0.15, 0.2) is 24.3 Å². The lowest BCUT2D eigenvalue weighted by Crippen LogP contribution is -2.58. The maximum atomic E-state index is 13.5. The van der Waals surface area contributed by atoms with E-state index < -0.39 is 53.8 Å². The van der Waals surface area contributed by atoms with Crippen LogP contribution in [0.2, 0.25) is 0 Å². The highest BCUT2D eigenvalue weighted by atomic mass is 32.2. The molecule has 0 aliphatic carbocycles. The SMILES string of the molecule is CCSC(=O)[C@H](C)NC(=O)[C@H](C)NC(=O)[C@H](CCCCN)NC(=O)[C@H](Cc1ccc(O)cc1)NC(=O)[C@@H](N)CC(C)C. The van der Waals surface area contributed by atoms with E-state index in [1.807, 2.05) is 20.8 Å². The Balaban J connectivity index is 3.07. The van der Waals surface area contributed by atoms with Gasteiger partial charge in [0, 0.05) is 6.42 Å². The molecule has 5 atom stereocenters. The Bertz CT molecular complexity index is 1040. The van der Waals surface area contributed by atoms with Crippen molar-refractivity contribution in [3.05, 3.63) is 29.8 Å². The zero-order valence-corrected chi connectivity index (χ0v) is 26.1. The second-order valence-corrected chi connectivity index (χ2v) is 12.0. The molecule has 1 rings (SSSR count). The molecule has 236 valence electrons. The molecule has 0 bridgehead atoms. The summed E-state index contributed by atoms with van der Waals surface area (Å²) in [6.45, 7) is 9.16. The topological polar surface area (TPSA) is 206 Å². The summed E-state index contributed by atoms with van der Waals surface area (Å²) in [6.07, 6.45) is 1.90. The van der Waals surface area contributed by atoms with Crippen LogP contribution in [0.3, 0.4) is 0 Å². The van der Waals surface area contributed by atoms with Gasteiger partial charge in [-0.25, -0.2) is 0 Å². The molecule has 13 heteroatoms. The number of thioether (sulfide) groups is 1. The number of phenolic OH excluding ortho intramolecular Hbond substituents is 1. The third-order valence-corrected chi connectivity index (χ3v) is 7.33. The number of hydrogen-bond acceptors (Lipinski definition) is 9. The molecule has 0 heterocycles. The number of hydrogen-bond donors (Lipinski definition) is 7. The van der Waals surface area contributed by atoms with E-state index in [1.54, 1.807) is 19.1 Å². The molecule has 0 aliphatic heterocycles. The first-order chi connectivity index (χ1) is 19.8. The molecule has 0 aliphatic rings. The van der Waals surface area contributed by atoms with Gasteiger partial charge in [0.25, 0.3) is 0 Å². The summed E-state index contributed by atoms with van der Waals surface area (Å²) in [5.74, 6) is -1.43. The molecule has 0 fully saturated rings. The zero-order chi connectivity index (χ0) is 31.8. The highest BCUT2D eigenvalue weighted by Crippen LogP contribution is 2.13. The predicted molar refractivity (Wildman–Crippen MR) is 164 cm³/mol. The normalized spacial score (nSPS) is 14.7. The van der Waals surface area contributed by atoms with Crippen LogP contribution in [0.25, 0.3) is 0 Å². The number of nitrogens with two attached hydrogens (primary N) is 2. The molecule has 0 aromatic heterocycles. The largest absolute Gasteiger partial charge is 0.508 e. The summed E-state index contributed by atoms with van der Waals surface area (Å²) in [7, 11) is 0. The lowest BCUT2D eigenvalue weighted by molar-refractivity contribution is -0.134. The number of benzene rings is 1. The highest BCUT2D eigenvalue weighted by molar-refractivity contribution is 8.13. The number of phenols is 1. The van der Waals surface area contributed by atoms with E-state index in [0.717, 1.165) is 11.8 Å². The summed E-state index contributed by atoms with van der Waals surface area (Å²) in [6, 6.07) is 1.60. The van der Waals surface area contributed by atoms with Crippen molar-refractivity contribution in [3.8, 4) is 5.75 Å². The average molecular weight is 609 g/mol. The van der Waals surface area contributed by atoms with Crippen LogP contribution in [-0.2, 0) is 30.4 Å². The Morgan fingerprint density at radius 2 is 1.38 bits per heavy atom. The van der Waals surface area contributed by atoms with Crippen LogP contribution in [0.5, 0.6) is 5.75 Å². The number of rotatable bonds is 18. The Morgan fingerprint density at radius 1 is 0.810 bits per heavy atom. The lowest BCUT2D eigenvalue weighted by atomic mass is 10.0. The Labute approximate surface area is 252 Å². The van der Waals surface area contributed by atoms with Crippen LogP contribution in [0.1, 0.15) is 65.9 Å². The second kappa shape index (κ2) is 19.1. The first-order valence-corrected chi connectivity index (χ1v) is 15.4. The number of carbonyl (C=O) groups excluding carboxylic acids is 5. The Kier molecular flexibility index (Phi) is 16.8. The summed E-state index contributed by atoms with van der Waals surface area (Å²) < 4.78 is 0. The van der Waals surface area contributed by atoms with Crippen molar-refractivity contribution in [2.45, 2.75) is 96.9 Å². The third-order valence-electron chi connectivity index (χ3n) is 6.40. The molecule has 0 saturated carbocycles. The van der Waals surface area contributed by atoms with Crippen molar-refractivity contribution in [2.24, 2.45) is 17.4 Å². The van der Waals surface area contributed by atoms with E-state index in [4.69, 9.17) is 11.5 Å². The van der Waals surface area contributed by atoms with E-state index in [9.17, 15) is 29.1 Å². The van der Waals surface area contributed by atoms with Crippen molar-refractivity contribution < 1.29 is 29.1 Å². The van der Waals surface area contributed by atoms with Crippen LogP contribution >= 0.6 is 11.8 Å². The molecule has 1 aromatic rings. The molecular weight excluding hydrogens is 560 g/mol. The standard InChI is InChI=1S/C29H48N6O6S/c1-6-42-29(41)19(5)33-25(37)18(4)32-27(39)23(9-7-8-14-30)34-28(40)24(16-20-10-12-21(36)13-11-20)35-26(38)22(31)15-17(2)3/h10-13,17-19,22-24,36H,6-9,14-16,30-31H2,1-5H3,(H,32,39)(H,33,37)(H,34,40)(H,35,38)/t18-,19-,22-,23-,24-/m0/s1. The fourth-order valence-corrected chi connectivity index (χ4v) is 4.64. The third kappa shape index (κ3) is 13.7. The number of nitrogens with one attached hydrogen (secondary N) is 4. The van der Waals surface area contributed by atoms with Crippen molar-refractivity contribution in [1.82, 2.24) is 21.3 Å². The van der Waals surface area contributed by atoms with Gasteiger partial charge in [0.2, 0.25) is 28.7 Å². The molecule has 0 spiro atoms. The molecule has 9 N–H and O–H groups in total. The van der Waals surface area contributed by atoms with Gasteiger partial charge >= 0.3 is 0 Å². The molecule has 4 amide bonds. The minimum Gasteiger partial charge on any atom is -0.508 e. The number of unbranched alkanes of at least 4 members (excludes halogenated alkanes) is 1. The van der Waals surface area contributed by atoms with E-state index in [1.165, 1.54) is 19.1 Å². The minimum atomic E-state index is -1.06. The summed E-state index contributed by atoms with van der Waals surface area (Å²) in [5.41, 5.74) is 12.3. The molecule has 42 heavy (non-hydrogen) atoms. The van der Waals surface area contributed by atoms with Gasteiger partial charge in [-0.1, -0.05) is 44.7 Å². The van der Waals surface area contributed by atoms with Crippen LogP contribution in [0.4, 0.5) is 0 Å². The number of amides is 4.